The molecule has 0 saturated carbocycles. The quantitative estimate of drug-likeness (QED) is 0.801. The Morgan fingerprint density at radius 1 is 1.05 bits per heavy atom. The summed E-state index contributed by atoms with van der Waals surface area (Å²) in [4.78, 5) is 0. The minimum Gasteiger partial charge on any atom is -0.318 e. The largest absolute Gasteiger partial charge is 0.318 e. The lowest BCUT2D eigenvalue weighted by molar-refractivity contribution is 0.824. The molecule has 0 aliphatic carbocycles. The maximum Gasteiger partial charge on any atom is 0.138 e. The van der Waals surface area contributed by atoms with E-state index < -0.39 is 0 Å². The smallest absolute Gasteiger partial charge is 0.138 e. The molecule has 2 aromatic carbocycles. The van der Waals surface area contributed by atoms with Crippen molar-refractivity contribution in [2.45, 2.75) is 19.4 Å². The lowest BCUT2D eigenvalue weighted by Gasteiger charge is -2.06. The SMILES string of the molecule is Cc1cccc(Cc2nnc(C(N)c3ccccc3)s2)c1. The van der Waals surface area contributed by atoms with Crippen LogP contribution in [0.25, 0.3) is 0 Å². The number of rotatable bonds is 4. The Kier molecular flexibility index (Phi) is 4.08. The van der Waals surface area contributed by atoms with Crippen molar-refractivity contribution in [2.24, 2.45) is 5.73 Å². The number of aromatic nitrogens is 2. The number of hydrogen-bond acceptors (Lipinski definition) is 4. The summed E-state index contributed by atoms with van der Waals surface area (Å²) in [7, 11) is 0. The van der Waals surface area contributed by atoms with Crippen molar-refractivity contribution in [3.05, 3.63) is 81.3 Å². The molecule has 2 N–H and O–H groups in total. The van der Waals surface area contributed by atoms with Crippen molar-refractivity contribution < 1.29 is 0 Å². The van der Waals surface area contributed by atoms with Crippen molar-refractivity contribution in [1.29, 1.82) is 0 Å². The van der Waals surface area contributed by atoms with Crippen molar-refractivity contribution in [3.63, 3.8) is 0 Å². The Labute approximate surface area is 128 Å². The second kappa shape index (κ2) is 6.16. The van der Waals surface area contributed by atoms with Gasteiger partial charge in [0.05, 0.1) is 6.04 Å². The maximum atomic E-state index is 6.26. The highest BCUT2D eigenvalue weighted by Crippen LogP contribution is 2.24. The van der Waals surface area contributed by atoms with E-state index in [0.29, 0.717) is 0 Å². The highest BCUT2D eigenvalue weighted by atomic mass is 32.1. The Hall–Kier alpha value is -2.04. The van der Waals surface area contributed by atoms with Crippen molar-refractivity contribution >= 4 is 11.3 Å². The minimum absolute atomic E-state index is 0.199. The number of hydrogen-bond donors (Lipinski definition) is 1. The van der Waals surface area contributed by atoms with E-state index in [1.54, 1.807) is 11.3 Å². The fourth-order valence-corrected chi connectivity index (χ4v) is 3.17. The van der Waals surface area contributed by atoms with Crippen LogP contribution < -0.4 is 5.73 Å². The lowest BCUT2D eigenvalue weighted by atomic mass is 10.1. The topological polar surface area (TPSA) is 51.8 Å². The molecule has 0 aliphatic rings. The van der Waals surface area contributed by atoms with Gasteiger partial charge in [-0.3, -0.25) is 0 Å². The van der Waals surface area contributed by atoms with Gasteiger partial charge in [0.2, 0.25) is 0 Å². The zero-order valence-corrected chi connectivity index (χ0v) is 12.7. The molecule has 4 heteroatoms. The van der Waals surface area contributed by atoms with E-state index in [0.717, 1.165) is 22.0 Å². The van der Waals surface area contributed by atoms with Gasteiger partial charge in [-0.2, -0.15) is 0 Å². The molecular formula is C17H17N3S. The van der Waals surface area contributed by atoms with E-state index in [1.807, 2.05) is 30.3 Å². The lowest BCUT2D eigenvalue weighted by Crippen LogP contribution is -2.11. The molecule has 0 amide bonds. The Morgan fingerprint density at radius 3 is 2.62 bits per heavy atom. The van der Waals surface area contributed by atoms with Gasteiger partial charge in [0, 0.05) is 6.42 Å². The molecule has 1 unspecified atom stereocenters. The van der Waals surface area contributed by atoms with Crippen LogP contribution in [0.4, 0.5) is 0 Å². The number of nitrogens with two attached hydrogens (primary N) is 1. The van der Waals surface area contributed by atoms with Crippen LogP contribution in [0, 0.1) is 6.92 Å². The van der Waals surface area contributed by atoms with Crippen LogP contribution in [0.3, 0.4) is 0 Å². The summed E-state index contributed by atoms with van der Waals surface area (Å²) in [5.74, 6) is 0. The van der Waals surface area contributed by atoms with Gasteiger partial charge >= 0.3 is 0 Å². The summed E-state index contributed by atoms with van der Waals surface area (Å²) in [5, 5.41) is 10.4. The third-order valence-corrected chi connectivity index (χ3v) is 4.35. The van der Waals surface area contributed by atoms with E-state index in [1.165, 1.54) is 11.1 Å². The molecule has 3 aromatic rings. The van der Waals surface area contributed by atoms with Crippen molar-refractivity contribution in [2.75, 3.05) is 0 Å². The molecule has 0 spiro atoms. The highest BCUT2D eigenvalue weighted by Gasteiger charge is 2.14. The number of nitrogens with zero attached hydrogens (tertiary/aromatic N) is 2. The van der Waals surface area contributed by atoms with Crippen molar-refractivity contribution in [1.82, 2.24) is 10.2 Å². The van der Waals surface area contributed by atoms with E-state index in [2.05, 4.69) is 41.4 Å². The average Bonchev–Trinajstić information content (AvgIpc) is 2.96. The minimum atomic E-state index is -0.199. The van der Waals surface area contributed by atoms with Gasteiger partial charge in [-0.1, -0.05) is 71.5 Å². The second-order valence-corrected chi connectivity index (χ2v) is 6.18. The molecule has 3 nitrogen and oxygen atoms in total. The standard InChI is InChI=1S/C17H17N3S/c1-12-6-5-7-13(10-12)11-15-19-20-17(21-15)16(18)14-8-3-2-4-9-14/h2-10,16H,11,18H2,1H3. The van der Waals surface area contributed by atoms with E-state index in [-0.39, 0.29) is 6.04 Å². The predicted molar refractivity (Wildman–Crippen MR) is 86.4 cm³/mol. The first-order valence-electron chi connectivity index (χ1n) is 6.91. The summed E-state index contributed by atoms with van der Waals surface area (Å²) < 4.78 is 0. The number of benzene rings is 2. The van der Waals surface area contributed by atoms with Gasteiger partial charge in [0.1, 0.15) is 10.0 Å². The highest BCUT2D eigenvalue weighted by molar-refractivity contribution is 7.11. The van der Waals surface area contributed by atoms with Gasteiger partial charge in [0.15, 0.2) is 0 Å². The van der Waals surface area contributed by atoms with E-state index >= 15 is 0 Å². The fourth-order valence-electron chi connectivity index (χ4n) is 2.26. The zero-order valence-electron chi connectivity index (χ0n) is 11.9. The Morgan fingerprint density at radius 2 is 1.86 bits per heavy atom. The molecule has 106 valence electrons. The van der Waals surface area contributed by atoms with Gasteiger partial charge in [-0.25, -0.2) is 0 Å². The number of aryl methyl sites for hydroxylation is 1. The van der Waals surface area contributed by atoms with Crippen LogP contribution in [-0.2, 0) is 6.42 Å². The molecule has 1 atom stereocenters. The summed E-state index contributed by atoms with van der Waals surface area (Å²) in [6.07, 6.45) is 0.806. The zero-order chi connectivity index (χ0) is 14.7. The molecule has 1 aromatic heterocycles. The molecule has 0 fully saturated rings. The summed E-state index contributed by atoms with van der Waals surface area (Å²) in [6, 6.07) is 18.3. The molecule has 0 bridgehead atoms. The molecule has 21 heavy (non-hydrogen) atoms. The molecule has 0 saturated heterocycles. The first-order valence-corrected chi connectivity index (χ1v) is 7.72. The molecule has 3 rings (SSSR count). The van der Waals surface area contributed by atoms with Crippen LogP contribution in [0.2, 0.25) is 0 Å². The third kappa shape index (κ3) is 3.35. The van der Waals surface area contributed by atoms with Crippen LogP contribution in [0.5, 0.6) is 0 Å². The first-order chi connectivity index (χ1) is 10.2. The third-order valence-electron chi connectivity index (χ3n) is 3.35. The van der Waals surface area contributed by atoms with Gasteiger partial charge in [0.25, 0.3) is 0 Å². The summed E-state index contributed by atoms with van der Waals surface area (Å²) in [5.41, 5.74) is 9.84. The van der Waals surface area contributed by atoms with Gasteiger partial charge in [-0.15, -0.1) is 10.2 Å². The molecule has 0 aliphatic heterocycles. The van der Waals surface area contributed by atoms with Gasteiger partial charge in [-0.05, 0) is 18.1 Å². The van der Waals surface area contributed by atoms with Crippen molar-refractivity contribution in [3.8, 4) is 0 Å². The van der Waals surface area contributed by atoms with Crippen LogP contribution >= 0.6 is 11.3 Å². The molecular weight excluding hydrogens is 278 g/mol. The fraction of sp³-hybridized carbons (Fsp3) is 0.176. The van der Waals surface area contributed by atoms with Crippen LogP contribution in [-0.4, -0.2) is 10.2 Å². The Balaban J connectivity index is 1.77. The van der Waals surface area contributed by atoms with Gasteiger partial charge < -0.3 is 5.73 Å². The monoisotopic (exact) mass is 295 g/mol. The maximum absolute atomic E-state index is 6.26. The first kappa shape index (κ1) is 13.9. The average molecular weight is 295 g/mol. The Bertz CT molecular complexity index is 722. The second-order valence-electron chi connectivity index (χ2n) is 5.09. The van der Waals surface area contributed by atoms with E-state index in [9.17, 15) is 0 Å². The predicted octanol–water partition coefficient (Wildman–Crippen LogP) is 3.49. The summed E-state index contributed by atoms with van der Waals surface area (Å²) in [6.45, 7) is 2.10. The summed E-state index contributed by atoms with van der Waals surface area (Å²) >= 11 is 1.59. The van der Waals surface area contributed by atoms with Crippen LogP contribution in [0.1, 0.15) is 32.7 Å². The van der Waals surface area contributed by atoms with Crippen LogP contribution in [0.15, 0.2) is 54.6 Å². The normalized spacial score (nSPS) is 12.3. The molecule has 1 heterocycles. The van der Waals surface area contributed by atoms with E-state index in [4.69, 9.17) is 5.73 Å². The molecule has 0 radical (unpaired) electrons.